The number of nitrogens with one attached hydrogen (secondary N) is 1. The molecule has 0 aliphatic heterocycles. The summed E-state index contributed by atoms with van der Waals surface area (Å²) in [7, 11) is 0. The fourth-order valence-electron chi connectivity index (χ4n) is 2.21. The molecule has 0 aliphatic rings. The maximum absolute atomic E-state index is 6.24. The molecule has 0 saturated heterocycles. The smallest absolute Gasteiger partial charge is 0.0464 e. The summed E-state index contributed by atoms with van der Waals surface area (Å²) in [5, 5.41) is 4.84. The van der Waals surface area contributed by atoms with Crippen LogP contribution in [0.3, 0.4) is 0 Å². The van der Waals surface area contributed by atoms with Crippen molar-refractivity contribution in [1.82, 2.24) is 5.32 Å². The summed E-state index contributed by atoms with van der Waals surface area (Å²) in [5.41, 5.74) is 8.03. The maximum Gasteiger partial charge on any atom is 0.0464 e. The first-order valence-electron chi connectivity index (χ1n) is 6.58. The molecule has 0 fully saturated rings. The highest BCUT2D eigenvalue weighted by Crippen LogP contribution is 2.27. The molecule has 2 atom stereocenters. The molecule has 2 rings (SSSR count). The summed E-state index contributed by atoms with van der Waals surface area (Å²) in [6.07, 6.45) is 0. The van der Waals surface area contributed by atoms with Crippen LogP contribution in [0.25, 0.3) is 0 Å². The minimum Gasteiger partial charge on any atom is -0.329 e. The van der Waals surface area contributed by atoms with E-state index in [4.69, 9.17) is 28.9 Å². The van der Waals surface area contributed by atoms with Crippen LogP contribution >= 0.6 is 23.2 Å². The lowest BCUT2D eigenvalue weighted by atomic mass is 10.0. The summed E-state index contributed by atoms with van der Waals surface area (Å²) in [6.45, 7) is 2.56. The molecule has 0 spiro atoms. The molecule has 0 amide bonds. The molecule has 0 saturated carbocycles. The van der Waals surface area contributed by atoms with Crippen molar-refractivity contribution in [3.63, 3.8) is 0 Å². The molecule has 2 aromatic carbocycles. The van der Waals surface area contributed by atoms with E-state index < -0.39 is 0 Å². The van der Waals surface area contributed by atoms with Crippen LogP contribution in [0.2, 0.25) is 10.0 Å². The van der Waals surface area contributed by atoms with Crippen molar-refractivity contribution in [1.29, 1.82) is 0 Å². The van der Waals surface area contributed by atoms with Gasteiger partial charge in [0.25, 0.3) is 0 Å². The van der Waals surface area contributed by atoms with Crippen molar-refractivity contribution in [2.24, 2.45) is 5.73 Å². The van der Waals surface area contributed by atoms with Gasteiger partial charge in [-0.1, -0.05) is 53.5 Å². The molecular formula is C16H18Cl2N2. The number of halogens is 2. The Bertz CT molecular complexity index is 558. The summed E-state index contributed by atoms with van der Waals surface area (Å²) in [4.78, 5) is 0. The minimum absolute atomic E-state index is 0.0311. The fourth-order valence-corrected chi connectivity index (χ4v) is 2.64. The van der Waals surface area contributed by atoms with E-state index in [9.17, 15) is 0 Å². The predicted molar refractivity (Wildman–Crippen MR) is 86.3 cm³/mol. The fraction of sp³-hybridized carbons (Fsp3) is 0.250. The first-order chi connectivity index (χ1) is 9.61. The second kappa shape index (κ2) is 7.09. The Kier molecular flexibility index (Phi) is 5.44. The summed E-state index contributed by atoms with van der Waals surface area (Å²) in [6, 6.07) is 15.8. The van der Waals surface area contributed by atoms with Crippen molar-refractivity contribution in [3.8, 4) is 0 Å². The van der Waals surface area contributed by atoms with Crippen LogP contribution in [0, 0.1) is 0 Å². The highest BCUT2D eigenvalue weighted by molar-refractivity contribution is 6.33. The number of rotatable bonds is 5. The van der Waals surface area contributed by atoms with Gasteiger partial charge < -0.3 is 11.1 Å². The van der Waals surface area contributed by atoms with E-state index in [0.717, 1.165) is 5.56 Å². The first-order valence-corrected chi connectivity index (χ1v) is 7.33. The molecule has 2 nitrogen and oxygen atoms in total. The molecule has 3 N–H and O–H groups in total. The molecule has 2 unspecified atom stereocenters. The third kappa shape index (κ3) is 3.74. The normalized spacial score (nSPS) is 14.0. The molecular weight excluding hydrogens is 291 g/mol. The Balaban J connectivity index is 2.19. The Morgan fingerprint density at radius 1 is 1.10 bits per heavy atom. The van der Waals surface area contributed by atoms with E-state index in [1.807, 2.05) is 24.3 Å². The van der Waals surface area contributed by atoms with Gasteiger partial charge in [-0.05, 0) is 36.2 Å². The lowest BCUT2D eigenvalue weighted by Gasteiger charge is -2.24. The molecule has 4 heteroatoms. The first kappa shape index (κ1) is 15.3. The molecule has 0 bridgehead atoms. The van der Waals surface area contributed by atoms with Gasteiger partial charge in [-0.15, -0.1) is 0 Å². The van der Waals surface area contributed by atoms with Gasteiger partial charge in [0.05, 0.1) is 0 Å². The zero-order valence-corrected chi connectivity index (χ0v) is 12.8. The van der Waals surface area contributed by atoms with Gasteiger partial charge in [-0.25, -0.2) is 0 Å². The number of benzene rings is 2. The highest BCUT2D eigenvalue weighted by Gasteiger charge is 2.16. The van der Waals surface area contributed by atoms with Crippen LogP contribution in [0.1, 0.15) is 30.1 Å². The third-order valence-electron chi connectivity index (χ3n) is 3.32. The van der Waals surface area contributed by atoms with Crippen LogP contribution in [0.4, 0.5) is 0 Å². The minimum atomic E-state index is -0.0311. The van der Waals surface area contributed by atoms with E-state index in [1.54, 1.807) is 12.1 Å². The molecule has 2 aromatic rings. The zero-order chi connectivity index (χ0) is 14.5. The number of nitrogens with two attached hydrogens (primary N) is 1. The Hall–Kier alpha value is -1.06. The summed E-state index contributed by atoms with van der Waals surface area (Å²) < 4.78 is 0. The average molecular weight is 309 g/mol. The van der Waals surface area contributed by atoms with Crippen LogP contribution < -0.4 is 11.1 Å². The number of hydrogen-bond acceptors (Lipinski definition) is 2. The van der Waals surface area contributed by atoms with Gasteiger partial charge in [0.2, 0.25) is 0 Å². The highest BCUT2D eigenvalue weighted by atomic mass is 35.5. The van der Waals surface area contributed by atoms with Crippen LogP contribution in [-0.4, -0.2) is 6.54 Å². The van der Waals surface area contributed by atoms with Crippen LogP contribution in [0.15, 0.2) is 48.5 Å². The second-order valence-corrected chi connectivity index (χ2v) is 5.60. The molecule has 0 heterocycles. The van der Waals surface area contributed by atoms with E-state index in [2.05, 4.69) is 24.4 Å². The topological polar surface area (TPSA) is 38.0 Å². The maximum atomic E-state index is 6.24. The molecule has 0 aliphatic carbocycles. The van der Waals surface area contributed by atoms with Crippen molar-refractivity contribution in [2.45, 2.75) is 19.0 Å². The van der Waals surface area contributed by atoms with Gasteiger partial charge >= 0.3 is 0 Å². The predicted octanol–water partition coefficient (Wildman–Crippen LogP) is 4.34. The monoisotopic (exact) mass is 308 g/mol. The van der Waals surface area contributed by atoms with Crippen LogP contribution in [0.5, 0.6) is 0 Å². The van der Waals surface area contributed by atoms with Crippen molar-refractivity contribution in [3.05, 3.63) is 69.7 Å². The van der Waals surface area contributed by atoms with Crippen molar-refractivity contribution < 1.29 is 0 Å². The quantitative estimate of drug-likeness (QED) is 0.862. The zero-order valence-electron chi connectivity index (χ0n) is 11.3. The lowest BCUT2D eigenvalue weighted by molar-refractivity contribution is 0.473. The molecule has 106 valence electrons. The van der Waals surface area contributed by atoms with Gasteiger partial charge in [0, 0.05) is 28.7 Å². The van der Waals surface area contributed by atoms with Crippen molar-refractivity contribution >= 4 is 23.2 Å². The largest absolute Gasteiger partial charge is 0.329 e. The Morgan fingerprint density at radius 3 is 2.45 bits per heavy atom. The lowest BCUT2D eigenvalue weighted by Crippen LogP contribution is -2.30. The van der Waals surface area contributed by atoms with Gasteiger partial charge in [-0.3, -0.25) is 0 Å². The van der Waals surface area contributed by atoms with E-state index in [1.165, 1.54) is 5.56 Å². The standard InChI is InChI=1S/C16H18Cl2N2/c1-11(12-5-3-2-4-6-12)20-16(10-19)14-9-13(17)7-8-15(14)18/h2-9,11,16,20H,10,19H2,1H3. The SMILES string of the molecule is CC(NC(CN)c1cc(Cl)ccc1Cl)c1ccccc1. The van der Waals surface area contributed by atoms with Crippen LogP contribution in [-0.2, 0) is 0 Å². The molecule has 20 heavy (non-hydrogen) atoms. The summed E-state index contributed by atoms with van der Waals surface area (Å²) in [5.74, 6) is 0. The number of hydrogen-bond donors (Lipinski definition) is 2. The summed E-state index contributed by atoms with van der Waals surface area (Å²) >= 11 is 12.3. The molecule has 0 aromatic heterocycles. The van der Waals surface area contributed by atoms with E-state index in [-0.39, 0.29) is 12.1 Å². The van der Waals surface area contributed by atoms with Gasteiger partial charge in [0.1, 0.15) is 0 Å². The van der Waals surface area contributed by atoms with E-state index in [0.29, 0.717) is 16.6 Å². The van der Waals surface area contributed by atoms with E-state index >= 15 is 0 Å². The van der Waals surface area contributed by atoms with Gasteiger partial charge in [0.15, 0.2) is 0 Å². The third-order valence-corrected chi connectivity index (χ3v) is 3.90. The second-order valence-electron chi connectivity index (χ2n) is 4.75. The Labute approximate surface area is 129 Å². The molecule has 0 radical (unpaired) electrons. The van der Waals surface area contributed by atoms with Crippen molar-refractivity contribution in [2.75, 3.05) is 6.54 Å². The van der Waals surface area contributed by atoms with Gasteiger partial charge in [-0.2, -0.15) is 0 Å². The average Bonchev–Trinajstić information content (AvgIpc) is 2.48. The Morgan fingerprint density at radius 2 is 1.80 bits per heavy atom.